The molecule has 0 bridgehead atoms. The van der Waals surface area contributed by atoms with E-state index in [0.29, 0.717) is 37.6 Å². The zero-order valence-electron chi connectivity index (χ0n) is 63.8. The van der Waals surface area contributed by atoms with Crippen LogP contribution in [0.2, 0.25) is 0 Å². The van der Waals surface area contributed by atoms with E-state index in [1.165, 1.54) is 92.2 Å². The van der Waals surface area contributed by atoms with Crippen molar-refractivity contribution < 1.29 is 103 Å². The lowest BCUT2D eigenvalue weighted by Crippen LogP contribution is -2.57. The molecule has 32 nitrogen and oxygen atoms in total. The number of nitrogens with zero attached hydrogens (tertiary/aromatic N) is 8. The van der Waals surface area contributed by atoms with Crippen LogP contribution < -0.4 is 20.1 Å². The Morgan fingerprint density at radius 2 is 0.789 bits per heavy atom. The van der Waals surface area contributed by atoms with Crippen LogP contribution in [-0.4, -0.2) is 278 Å². The third-order valence-electron chi connectivity index (χ3n) is 17.4. The summed E-state index contributed by atoms with van der Waals surface area (Å²) < 4.78 is 112. The highest BCUT2D eigenvalue weighted by molar-refractivity contribution is 8.02. The highest BCUT2D eigenvalue weighted by Gasteiger charge is 2.53. The summed E-state index contributed by atoms with van der Waals surface area (Å²) in [5.74, 6) is -2.32. The Morgan fingerprint density at radius 1 is 0.468 bits per heavy atom. The van der Waals surface area contributed by atoms with Crippen LogP contribution in [0.5, 0.6) is 11.5 Å². The molecular formula is C73H102N10O22S4. The number of ether oxygens (including phenoxy) is 10. The number of benzene rings is 2. The fourth-order valence-electron chi connectivity index (χ4n) is 11.7. The van der Waals surface area contributed by atoms with Gasteiger partial charge in [0.05, 0.1) is 64.6 Å². The van der Waals surface area contributed by atoms with E-state index in [1.54, 1.807) is 118 Å². The number of pyridine rings is 2. The summed E-state index contributed by atoms with van der Waals surface area (Å²) in [4.78, 5) is 121. The van der Waals surface area contributed by atoms with Crippen molar-refractivity contribution in [3.05, 3.63) is 109 Å². The fourth-order valence-corrected chi connectivity index (χ4v) is 18.0. The molecule has 6 amide bonds. The van der Waals surface area contributed by atoms with Crippen LogP contribution in [0.4, 0.5) is 19.2 Å². The molecule has 0 aliphatic carbocycles. The number of thioether (sulfide) groups is 2. The molecule has 0 unspecified atom stereocenters. The Labute approximate surface area is 645 Å². The molecule has 2 aromatic heterocycles. The SMILES string of the molecule is CC(C)(COCCOCCOC(=O)N1CCN(C(=O)Oc2ccc(C[C@H](NC(=O)[C@H]3N(S(=O)(=O)c4cccnc4)CSC3(C)C)C(=O)OC(C)(C)C)cc2)CC1)COCCOCCOC(=O)N1CCN(C(=O)Oc2ccc(C[C@H](NC(=O)[C@H]3N(S(=O)(=O)c4cccnc4)CSC3(C)C)C(=O)OC(C)(C)C)cc2)CC1. The van der Waals surface area contributed by atoms with Gasteiger partial charge in [0.25, 0.3) is 0 Å². The molecule has 109 heavy (non-hydrogen) atoms. The van der Waals surface area contributed by atoms with E-state index in [1.807, 2.05) is 13.8 Å². The molecule has 4 aliphatic rings. The molecule has 0 saturated carbocycles. The van der Waals surface area contributed by atoms with Crippen LogP contribution in [0.25, 0.3) is 0 Å². The van der Waals surface area contributed by atoms with E-state index < -0.39 is 113 Å². The van der Waals surface area contributed by atoms with Gasteiger partial charge in [0, 0.05) is 105 Å². The van der Waals surface area contributed by atoms with Crippen molar-refractivity contribution in [3.8, 4) is 11.5 Å². The van der Waals surface area contributed by atoms with Gasteiger partial charge in [-0.2, -0.15) is 8.61 Å². The van der Waals surface area contributed by atoms with Gasteiger partial charge in [-0.15, -0.1) is 23.5 Å². The lowest BCUT2D eigenvalue weighted by Gasteiger charge is -2.33. The number of piperazine rings is 2. The van der Waals surface area contributed by atoms with Crippen LogP contribution in [0.15, 0.2) is 107 Å². The predicted octanol–water partition coefficient (Wildman–Crippen LogP) is 6.60. The van der Waals surface area contributed by atoms with Crippen LogP contribution >= 0.6 is 23.5 Å². The van der Waals surface area contributed by atoms with E-state index >= 15 is 0 Å². The molecule has 4 aromatic rings. The van der Waals surface area contributed by atoms with Crippen molar-refractivity contribution in [2.45, 2.75) is 151 Å². The van der Waals surface area contributed by atoms with Gasteiger partial charge >= 0.3 is 36.3 Å². The highest BCUT2D eigenvalue weighted by atomic mass is 32.2. The van der Waals surface area contributed by atoms with Crippen LogP contribution in [0.3, 0.4) is 0 Å². The summed E-state index contributed by atoms with van der Waals surface area (Å²) in [5.41, 5.74) is -0.955. The highest BCUT2D eigenvalue weighted by Crippen LogP contribution is 2.44. The first-order chi connectivity index (χ1) is 51.3. The van der Waals surface area contributed by atoms with Gasteiger partial charge in [-0.1, -0.05) is 38.1 Å². The molecule has 4 fully saturated rings. The molecule has 2 aromatic carbocycles. The molecule has 4 saturated heterocycles. The van der Waals surface area contributed by atoms with Gasteiger partial charge in [-0.05, 0) is 129 Å². The third kappa shape index (κ3) is 25.5. The largest absolute Gasteiger partial charge is 0.458 e. The minimum absolute atomic E-state index is 0.00622. The topological polar surface area (TPSA) is 366 Å². The number of esters is 2. The molecule has 36 heteroatoms. The first kappa shape index (κ1) is 86.7. The van der Waals surface area contributed by atoms with E-state index in [2.05, 4.69) is 20.6 Å². The molecule has 6 heterocycles. The Hall–Kier alpha value is -7.94. The first-order valence-electron chi connectivity index (χ1n) is 35.8. The second-order valence-corrected chi connectivity index (χ2v) is 37.0. The first-order valence-corrected chi connectivity index (χ1v) is 40.6. The van der Waals surface area contributed by atoms with E-state index in [9.17, 15) is 55.2 Å². The minimum Gasteiger partial charge on any atom is -0.458 e. The quantitative estimate of drug-likeness (QED) is 0.0295. The van der Waals surface area contributed by atoms with Gasteiger partial charge in [0.15, 0.2) is 0 Å². The standard InChI is InChI=1S/C73H102N10O22S4/c1-69(2,3)104-63(86)57(76-61(84)59-72(9,10)106-49-82(59)108(92,93)55-15-13-25-74-45-55)43-51-17-21-53(22-18-51)102-67(90)80-31-27-78(28-32-80)65(88)100-41-39-96-35-37-98-47-71(7,8)48-99-38-36-97-40-42-101-66(89)79-29-33-81(34-30-79)68(91)103-54-23-19-52(20-24-54)44-58(64(87)105-70(4,5)6)77-62(85)60-73(11,12)107-50-83(60)109(94,95)56-16-14-26-75-46-56/h13-26,45-46,57-60H,27-44,47-50H2,1-12H3,(H,76,84)(H,77,85)/t57-,58-,59+,60+/m0/s1. The maximum Gasteiger partial charge on any atom is 0.415 e. The number of aromatic nitrogens is 2. The Morgan fingerprint density at radius 3 is 1.11 bits per heavy atom. The zero-order chi connectivity index (χ0) is 79.5. The number of sulfonamides is 2. The van der Waals surface area contributed by atoms with Crippen LogP contribution in [0.1, 0.15) is 94.2 Å². The molecule has 8 rings (SSSR count). The number of hydrogen-bond acceptors (Lipinski definition) is 26. The number of carbonyl (C=O) groups is 8. The number of hydrogen-bond donors (Lipinski definition) is 2. The lowest BCUT2D eigenvalue weighted by molar-refractivity contribution is -0.159. The Kier molecular flexibility index (Phi) is 30.5. The number of amides is 6. The molecule has 4 aliphatic heterocycles. The van der Waals surface area contributed by atoms with Gasteiger partial charge in [0.1, 0.15) is 69.9 Å². The third-order valence-corrected chi connectivity index (χ3v) is 24.0. The predicted molar refractivity (Wildman–Crippen MR) is 401 cm³/mol. The molecule has 600 valence electrons. The lowest BCUT2D eigenvalue weighted by atomic mass is 9.96. The average Bonchev–Trinajstić information content (AvgIpc) is 1.63. The molecule has 2 N–H and O–H groups in total. The summed E-state index contributed by atoms with van der Waals surface area (Å²) >= 11 is 2.59. The monoisotopic (exact) mass is 1600 g/mol. The van der Waals surface area contributed by atoms with Crippen molar-refractivity contribution in [3.63, 3.8) is 0 Å². The maximum absolute atomic E-state index is 14.1. The van der Waals surface area contributed by atoms with Crippen molar-refractivity contribution in [1.82, 2.24) is 48.8 Å². The number of nitrogens with one attached hydrogen (secondary N) is 2. The molecule has 0 radical (unpaired) electrons. The van der Waals surface area contributed by atoms with E-state index in [0.717, 1.165) is 8.61 Å². The van der Waals surface area contributed by atoms with Crippen LogP contribution in [0, 0.1) is 5.41 Å². The van der Waals surface area contributed by atoms with Crippen molar-refractivity contribution >= 4 is 91.7 Å². The van der Waals surface area contributed by atoms with E-state index in [-0.39, 0.29) is 143 Å². The second-order valence-electron chi connectivity index (χ2n) is 30.0. The van der Waals surface area contributed by atoms with Gasteiger partial charge in [0.2, 0.25) is 31.9 Å². The summed E-state index contributed by atoms with van der Waals surface area (Å²) in [6, 6.07) is 13.8. The van der Waals surface area contributed by atoms with Gasteiger partial charge in [-0.25, -0.2) is 45.6 Å². The molecule has 4 atom stereocenters. The smallest absolute Gasteiger partial charge is 0.415 e. The van der Waals surface area contributed by atoms with Gasteiger partial charge in [-0.3, -0.25) is 19.6 Å². The summed E-state index contributed by atoms with van der Waals surface area (Å²) in [6.45, 7) is 25.0. The molecular weight excluding hydrogens is 1500 g/mol. The number of rotatable bonds is 32. The van der Waals surface area contributed by atoms with Gasteiger partial charge < -0.3 is 77.6 Å². The average molecular weight is 1600 g/mol. The maximum atomic E-state index is 14.1. The van der Waals surface area contributed by atoms with Crippen molar-refractivity contribution in [2.24, 2.45) is 5.41 Å². The fraction of sp³-hybridized carbons (Fsp3) is 0.589. The van der Waals surface area contributed by atoms with Crippen molar-refractivity contribution in [2.75, 3.05) is 130 Å². The summed E-state index contributed by atoms with van der Waals surface area (Å²) in [7, 11) is -8.27. The van der Waals surface area contributed by atoms with E-state index in [4.69, 9.17) is 47.4 Å². The minimum atomic E-state index is -4.13. The second kappa shape index (κ2) is 38.3. The Balaban J connectivity index is 0.636. The number of carbonyl (C=O) groups excluding carboxylic acids is 8. The summed E-state index contributed by atoms with van der Waals surface area (Å²) in [5, 5.41) is 5.56. The van der Waals surface area contributed by atoms with Crippen molar-refractivity contribution in [1.29, 1.82) is 0 Å². The molecule has 0 spiro atoms. The summed E-state index contributed by atoms with van der Waals surface area (Å²) in [6.07, 6.45) is 2.94. The van der Waals surface area contributed by atoms with Crippen LogP contribution in [-0.2, 0) is 90.0 Å². The zero-order valence-corrected chi connectivity index (χ0v) is 67.1. The normalized spacial score (nSPS) is 18.4. The Bertz CT molecular complexity index is 3720.